The van der Waals surface area contributed by atoms with Gasteiger partial charge < -0.3 is 11.1 Å². The SMILES string of the molecule is NC(Cc1ccccc1)C1CCCN1. The van der Waals surface area contributed by atoms with Crippen molar-refractivity contribution in [2.24, 2.45) is 5.73 Å². The Kier molecular flexibility index (Phi) is 3.17. The molecular formula is C12H18N2. The van der Waals surface area contributed by atoms with E-state index in [9.17, 15) is 0 Å². The Hall–Kier alpha value is -0.860. The predicted octanol–water partition coefficient (Wildman–Crippen LogP) is 1.31. The zero-order chi connectivity index (χ0) is 9.80. The number of rotatable bonds is 3. The van der Waals surface area contributed by atoms with Crippen LogP contribution in [0.15, 0.2) is 30.3 Å². The summed E-state index contributed by atoms with van der Waals surface area (Å²) in [4.78, 5) is 0. The Balaban J connectivity index is 1.90. The molecule has 1 saturated heterocycles. The molecule has 76 valence electrons. The first-order valence-corrected chi connectivity index (χ1v) is 5.39. The molecular weight excluding hydrogens is 172 g/mol. The lowest BCUT2D eigenvalue weighted by Crippen LogP contribution is -2.42. The van der Waals surface area contributed by atoms with E-state index in [0.717, 1.165) is 13.0 Å². The average molecular weight is 190 g/mol. The lowest BCUT2D eigenvalue weighted by molar-refractivity contribution is 0.481. The maximum absolute atomic E-state index is 6.15. The summed E-state index contributed by atoms with van der Waals surface area (Å²) in [7, 11) is 0. The average Bonchev–Trinajstić information content (AvgIpc) is 2.72. The van der Waals surface area contributed by atoms with Crippen LogP contribution in [-0.2, 0) is 6.42 Å². The van der Waals surface area contributed by atoms with Gasteiger partial charge in [0.15, 0.2) is 0 Å². The molecule has 0 spiro atoms. The van der Waals surface area contributed by atoms with Crippen LogP contribution in [0.4, 0.5) is 0 Å². The van der Waals surface area contributed by atoms with Crippen LogP contribution in [0.5, 0.6) is 0 Å². The van der Waals surface area contributed by atoms with Gasteiger partial charge in [-0.2, -0.15) is 0 Å². The zero-order valence-corrected chi connectivity index (χ0v) is 8.45. The van der Waals surface area contributed by atoms with E-state index in [1.165, 1.54) is 18.4 Å². The van der Waals surface area contributed by atoms with Crippen molar-refractivity contribution in [3.8, 4) is 0 Å². The van der Waals surface area contributed by atoms with Crippen LogP contribution in [0, 0.1) is 0 Å². The monoisotopic (exact) mass is 190 g/mol. The highest BCUT2D eigenvalue weighted by Crippen LogP contribution is 2.11. The number of hydrogen-bond donors (Lipinski definition) is 2. The standard InChI is InChI=1S/C12H18N2/c13-11(12-7-4-8-14-12)9-10-5-2-1-3-6-10/h1-3,5-6,11-12,14H,4,7-9,13H2. The van der Waals surface area contributed by atoms with Crippen LogP contribution in [-0.4, -0.2) is 18.6 Å². The molecule has 0 amide bonds. The summed E-state index contributed by atoms with van der Waals surface area (Å²) in [6.07, 6.45) is 3.49. The molecule has 0 aliphatic carbocycles. The summed E-state index contributed by atoms with van der Waals surface area (Å²) in [5.41, 5.74) is 7.49. The first-order chi connectivity index (χ1) is 6.86. The topological polar surface area (TPSA) is 38.0 Å². The largest absolute Gasteiger partial charge is 0.326 e. The molecule has 0 bridgehead atoms. The fraction of sp³-hybridized carbons (Fsp3) is 0.500. The van der Waals surface area contributed by atoms with E-state index in [2.05, 4.69) is 29.6 Å². The van der Waals surface area contributed by atoms with Crippen molar-refractivity contribution < 1.29 is 0 Å². The minimum Gasteiger partial charge on any atom is -0.326 e. The molecule has 0 radical (unpaired) electrons. The van der Waals surface area contributed by atoms with E-state index in [1.54, 1.807) is 0 Å². The van der Waals surface area contributed by atoms with Gasteiger partial charge in [0.25, 0.3) is 0 Å². The fourth-order valence-electron chi connectivity index (χ4n) is 2.11. The van der Waals surface area contributed by atoms with Crippen molar-refractivity contribution in [2.75, 3.05) is 6.54 Å². The first kappa shape index (κ1) is 9.69. The van der Waals surface area contributed by atoms with E-state index in [0.29, 0.717) is 6.04 Å². The molecule has 1 aromatic carbocycles. The minimum atomic E-state index is 0.264. The summed E-state index contributed by atoms with van der Waals surface area (Å²) in [6, 6.07) is 11.3. The van der Waals surface area contributed by atoms with Crippen molar-refractivity contribution >= 4 is 0 Å². The van der Waals surface area contributed by atoms with Gasteiger partial charge in [-0.15, -0.1) is 0 Å². The quantitative estimate of drug-likeness (QED) is 0.754. The summed E-state index contributed by atoms with van der Waals surface area (Å²) in [5.74, 6) is 0. The number of nitrogens with two attached hydrogens (primary N) is 1. The third-order valence-electron chi connectivity index (χ3n) is 2.93. The van der Waals surface area contributed by atoms with Crippen LogP contribution in [0.25, 0.3) is 0 Å². The Morgan fingerprint density at radius 3 is 2.79 bits per heavy atom. The predicted molar refractivity (Wildman–Crippen MR) is 59.1 cm³/mol. The van der Waals surface area contributed by atoms with Crippen LogP contribution in [0.3, 0.4) is 0 Å². The van der Waals surface area contributed by atoms with Gasteiger partial charge in [-0.1, -0.05) is 30.3 Å². The maximum atomic E-state index is 6.15. The Bertz CT molecular complexity index is 265. The van der Waals surface area contributed by atoms with Gasteiger partial charge in [-0.05, 0) is 31.4 Å². The summed E-state index contributed by atoms with van der Waals surface area (Å²) in [5, 5.41) is 3.45. The highest BCUT2D eigenvalue weighted by molar-refractivity contribution is 5.16. The van der Waals surface area contributed by atoms with Gasteiger partial charge in [0, 0.05) is 12.1 Å². The number of nitrogens with one attached hydrogen (secondary N) is 1. The highest BCUT2D eigenvalue weighted by Gasteiger charge is 2.20. The molecule has 0 aromatic heterocycles. The molecule has 1 aliphatic heterocycles. The lowest BCUT2D eigenvalue weighted by atomic mass is 9.99. The van der Waals surface area contributed by atoms with Crippen molar-refractivity contribution in [3.63, 3.8) is 0 Å². The second kappa shape index (κ2) is 4.58. The molecule has 3 N–H and O–H groups in total. The molecule has 2 unspecified atom stereocenters. The van der Waals surface area contributed by atoms with Crippen molar-refractivity contribution in [1.82, 2.24) is 5.32 Å². The van der Waals surface area contributed by atoms with Crippen molar-refractivity contribution in [3.05, 3.63) is 35.9 Å². The molecule has 14 heavy (non-hydrogen) atoms. The summed E-state index contributed by atoms with van der Waals surface area (Å²) in [6.45, 7) is 1.13. The van der Waals surface area contributed by atoms with Gasteiger partial charge in [0.2, 0.25) is 0 Å². The molecule has 0 saturated carbocycles. The summed E-state index contributed by atoms with van der Waals surface area (Å²) >= 11 is 0. The maximum Gasteiger partial charge on any atom is 0.0235 e. The smallest absolute Gasteiger partial charge is 0.0235 e. The van der Waals surface area contributed by atoms with Crippen LogP contribution in [0.2, 0.25) is 0 Å². The highest BCUT2D eigenvalue weighted by atomic mass is 15.0. The third kappa shape index (κ3) is 2.34. The van der Waals surface area contributed by atoms with E-state index in [-0.39, 0.29) is 6.04 Å². The number of benzene rings is 1. The minimum absolute atomic E-state index is 0.264. The van der Waals surface area contributed by atoms with Crippen molar-refractivity contribution in [1.29, 1.82) is 0 Å². The van der Waals surface area contributed by atoms with Crippen LogP contribution in [0.1, 0.15) is 18.4 Å². The summed E-state index contributed by atoms with van der Waals surface area (Å²) < 4.78 is 0. The Morgan fingerprint density at radius 1 is 1.36 bits per heavy atom. The van der Waals surface area contributed by atoms with Gasteiger partial charge in [-0.3, -0.25) is 0 Å². The van der Waals surface area contributed by atoms with Crippen LogP contribution < -0.4 is 11.1 Å². The van der Waals surface area contributed by atoms with E-state index in [4.69, 9.17) is 5.73 Å². The lowest BCUT2D eigenvalue weighted by Gasteiger charge is -2.19. The van der Waals surface area contributed by atoms with E-state index < -0.39 is 0 Å². The first-order valence-electron chi connectivity index (χ1n) is 5.39. The van der Waals surface area contributed by atoms with Gasteiger partial charge >= 0.3 is 0 Å². The Morgan fingerprint density at radius 2 is 2.14 bits per heavy atom. The fourth-order valence-corrected chi connectivity index (χ4v) is 2.11. The second-order valence-corrected chi connectivity index (χ2v) is 4.06. The van der Waals surface area contributed by atoms with Crippen molar-refractivity contribution in [2.45, 2.75) is 31.3 Å². The molecule has 1 aliphatic rings. The molecule has 1 aromatic rings. The normalized spacial score (nSPS) is 23.6. The molecule has 2 atom stereocenters. The molecule has 2 heteroatoms. The molecule has 2 nitrogen and oxygen atoms in total. The third-order valence-corrected chi connectivity index (χ3v) is 2.93. The second-order valence-electron chi connectivity index (χ2n) is 4.06. The van der Waals surface area contributed by atoms with E-state index in [1.807, 2.05) is 6.07 Å². The Labute approximate surface area is 85.5 Å². The molecule has 2 rings (SSSR count). The van der Waals surface area contributed by atoms with Crippen LogP contribution >= 0.6 is 0 Å². The van der Waals surface area contributed by atoms with Gasteiger partial charge in [-0.25, -0.2) is 0 Å². The van der Waals surface area contributed by atoms with Gasteiger partial charge in [0.05, 0.1) is 0 Å². The number of hydrogen-bond acceptors (Lipinski definition) is 2. The zero-order valence-electron chi connectivity index (χ0n) is 8.45. The molecule has 1 heterocycles. The van der Waals surface area contributed by atoms with Gasteiger partial charge in [0.1, 0.15) is 0 Å². The van der Waals surface area contributed by atoms with E-state index >= 15 is 0 Å². The molecule has 1 fully saturated rings.